The third-order valence-corrected chi connectivity index (χ3v) is 6.06. The summed E-state index contributed by atoms with van der Waals surface area (Å²) in [6.07, 6.45) is -0.844. The number of carbonyl (C=O) groups excluding carboxylic acids is 1. The molecule has 0 aromatic carbocycles. The van der Waals surface area contributed by atoms with Gasteiger partial charge in [-0.3, -0.25) is 14.5 Å². The molecule has 10 heteroatoms. The molecule has 0 aromatic heterocycles. The van der Waals surface area contributed by atoms with Crippen molar-refractivity contribution in [2.75, 3.05) is 11.5 Å². The molecule has 0 unspecified atom stereocenters. The van der Waals surface area contributed by atoms with Crippen LogP contribution in [-0.2, 0) is 14.4 Å². The molecule has 0 radical (unpaired) electrons. The number of aliphatic hydroxyl groups is 1. The second-order valence-electron chi connectivity index (χ2n) is 5.02. The molecule has 0 aromatic rings. The van der Waals surface area contributed by atoms with E-state index in [1.807, 2.05) is 0 Å². The Labute approximate surface area is 134 Å². The van der Waals surface area contributed by atoms with Crippen LogP contribution in [0.25, 0.3) is 0 Å². The second-order valence-corrected chi connectivity index (χ2v) is 7.26. The predicted octanol–water partition coefficient (Wildman–Crippen LogP) is -0.660. The Hall–Kier alpha value is -1.23. The first kappa shape index (κ1) is 17.1. The number of thioether (sulfide) groups is 2. The molecule has 8 nitrogen and oxygen atoms in total. The number of carboxylic acid groups (broad SMARTS) is 2. The molecule has 0 spiro atoms. The lowest BCUT2D eigenvalue weighted by Crippen LogP contribution is -2.60. The molecule has 2 heterocycles. The van der Waals surface area contributed by atoms with E-state index in [-0.39, 0.29) is 17.2 Å². The molecule has 122 valence electrons. The standard InChI is InChI=1S/C12H16N2O6S2/c1-4(15)7-9(16)14-8(12(19)20)6(22-10(7)14)3-21-2-5(13)11(17)18/h4-5,7,10,15H,2-3,13H2,1H3,(H,17,18)(H,19,20)/t4-,5+,7+,10-/m1/s1. The number of nitrogens with two attached hydrogens (primary N) is 1. The van der Waals surface area contributed by atoms with Gasteiger partial charge in [0.05, 0.1) is 12.0 Å². The smallest absolute Gasteiger partial charge is 0.353 e. The minimum atomic E-state index is -1.20. The van der Waals surface area contributed by atoms with Gasteiger partial charge in [0.1, 0.15) is 17.1 Å². The van der Waals surface area contributed by atoms with Crippen molar-refractivity contribution in [3.63, 3.8) is 0 Å². The SMILES string of the molecule is C[C@@H](O)[C@H]1C(=O)N2C(C(=O)O)=C(CSC[C@H](N)C(=O)O)S[C@H]12. The first-order valence-electron chi connectivity index (χ1n) is 6.46. The van der Waals surface area contributed by atoms with Crippen LogP contribution in [0.5, 0.6) is 0 Å². The van der Waals surface area contributed by atoms with E-state index < -0.39 is 41.3 Å². The van der Waals surface area contributed by atoms with Gasteiger partial charge in [-0.25, -0.2) is 4.79 Å². The zero-order valence-corrected chi connectivity index (χ0v) is 13.3. The summed E-state index contributed by atoms with van der Waals surface area (Å²) < 4.78 is 0. The number of aliphatic carboxylic acids is 2. The van der Waals surface area contributed by atoms with E-state index in [4.69, 9.17) is 10.8 Å². The number of nitrogens with zero attached hydrogens (tertiary/aromatic N) is 1. The average Bonchev–Trinajstić information content (AvgIpc) is 2.72. The molecule has 22 heavy (non-hydrogen) atoms. The molecule has 5 N–H and O–H groups in total. The molecule has 1 saturated heterocycles. The summed E-state index contributed by atoms with van der Waals surface area (Å²) in [6.45, 7) is 1.50. The van der Waals surface area contributed by atoms with Crippen molar-refractivity contribution in [2.24, 2.45) is 11.7 Å². The van der Waals surface area contributed by atoms with E-state index in [0.29, 0.717) is 4.91 Å². The Bertz CT molecular complexity index is 550. The number of hydrogen-bond donors (Lipinski definition) is 4. The number of rotatable bonds is 7. The first-order chi connectivity index (χ1) is 10.3. The number of aliphatic hydroxyl groups excluding tert-OH is 1. The Balaban J connectivity index is 2.06. The largest absolute Gasteiger partial charge is 0.480 e. The van der Waals surface area contributed by atoms with E-state index >= 15 is 0 Å². The maximum atomic E-state index is 12.0. The van der Waals surface area contributed by atoms with E-state index in [0.717, 1.165) is 0 Å². The molecule has 0 bridgehead atoms. The van der Waals surface area contributed by atoms with Crippen molar-refractivity contribution in [3.05, 3.63) is 10.6 Å². The second kappa shape index (κ2) is 6.49. The summed E-state index contributed by atoms with van der Waals surface area (Å²) in [5.41, 5.74) is 5.31. The van der Waals surface area contributed by atoms with Crippen molar-refractivity contribution in [2.45, 2.75) is 24.4 Å². The van der Waals surface area contributed by atoms with Crippen LogP contribution in [0.3, 0.4) is 0 Å². The summed E-state index contributed by atoms with van der Waals surface area (Å²) in [6, 6.07) is -1.02. The fraction of sp³-hybridized carbons (Fsp3) is 0.583. The number of hydrogen-bond acceptors (Lipinski definition) is 7. The summed E-state index contributed by atoms with van der Waals surface area (Å²) in [5, 5.41) is 27.2. The van der Waals surface area contributed by atoms with E-state index in [9.17, 15) is 24.6 Å². The molecular weight excluding hydrogens is 332 g/mol. The van der Waals surface area contributed by atoms with Crippen LogP contribution in [0.1, 0.15) is 6.92 Å². The Morgan fingerprint density at radius 1 is 1.45 bits per heavy atom. The fourth-order valence-electron chi connectivity index (χ4n) is 2.30. The van der Waals surface area contributed by atoms with Gasteiger partial charge in [0, 0.05) is 16.4 Å². The molecule has 2 aliphatic heterocycles. The van der Waals surface area contributed by atoms with Crippen molar-refractivity contribution in [1.82, 2.24) is 4.90 Å². The van der Waals surface area contributed by atoms with Gasteiger partial charge in [0.25, 0.3) is 0 Å². The lowest BCUT2D eigenvalue weighted by atomic mass is 9.92. The molecule has 4 atom stereocenters. The van der Waals surface area contributed by atoms with Crippen LogP contribution >= 0.6 is 23.5 Å². The molecule has 2 rings (SSSR count). The maximum absolute atomic E-state index is 12.0. The highest BCUT2D eigenvalue weighted by Gasteiger charge is 2.57. The average molecular weight is 348 g/mol. The van der Waals surface area contributed by atoms with Gasteiger partial charge in [0.15, 0.2) is 0 Å². The maximum Gasteiger partial charge on any atom is 0.353 e. The predicted molar refractivity (Wildman–Crippen MR) is 81.0 cm³/mol. The highest BCUT2D eigenvalue weighted by atomic mass is 32.2. The van der Waals surface area contributed by atoms with Crippen LogP contribution in [0.4, 0.5) is 0 Å². The number of carbonyl (C=O) groups is 3. The topological polar surface area (TPSA) is 141 Å². The minimum Gasteiger partial charge on any atom is -0.480 e. The van der Waals surface area contributed by atoms with E-state index in [1.54, 1.807) is 0 Å². The lowest BCUT2D eigenvalue weighted by molar-refractivity contribution is -0.156. The third kappa shape index (κ3) is 2.96. The van der Waals surface area contributed by atoms with Crippen LogP contribution < -0.4 is 5.73 Å². The van der Waals surface area contributed by atoms with Gasteiger partial charge in [-0.05, 0) is 6.92 Å². The Morgan fingerprint density at radius 3 is 2.59 bits per heavy atom. The highest BCUT2D eigenvalue weighted by Crippen LogP contribution is 2.50. The molecular formula is C12H16N2O6S2. The Morgan fingerprint density at radius 2 is 2.09 bits per heavy atom. The van der Waals surface area contributed by atoms with Gasteiger partial charge in [-0.15, -0.1) is 11.8 Å². The number of fused-ring (bicyclic) bond motifs is 1. The van der Waals surface area contributed by atoms with Gasteiger partial charge in [0.2, 0.25) is 5.91 Å². The first-order valence-corrected chi connectivity index (χ1v) is 8.49. The molecule has 0 saturated carbocycles. The highest BCUT2D eigenvalue weighted by molar-refractivity contribution is 8.06. The lowest BCUT2D eigenvalue weighted by Gasteiger charge is -2.43. The summed E-state index contributed by atoms with van der Waals surface area (Å²) in [4.78, 5) is 35.7. The van der Waals surface area contributed by atoms with E-state index in [1.165, 1.54) is 35.3 Å². The zero-order chi connectivity index (χ0) is 16.6. The van der Waals surface area contributed by atoms with Crippen LogP contribution in [0, 0.1) is 5.92 Å². The van der Waals surface area contributed by atoms with Gasteiger partial charge < -0.3 is 21.1 Å². The molecule has 1 amide bonds. The number of amides is 1. The van der Waals surface area contributed by atoms with Gasteiger partial charge >= 0.3 is 11.9 Å². The van der Waals surface area contributed by atoms with E-state index in [2.05, 4.69) is 0 Å². The normalized spacial score (nSPS) is 26.5. The fourth-order valence-corrected chi connectivity index (χ4v) is 5.06. The van der Waals surface area contributed by atoms with Crippen LogP contribution in [0.2, 0.25) is 0 Å². The molecule has 1 fully saturated rings. The summed E-state index contributed by atoms with van der Waals surface area (Å²) in [5.74, 6) is -2.92. The van der Waals surface area contributed by atoms with Crippen LogP contribution in [0.15, 0.2) is 10.6 Å². The summed E-state index contributed by atoms with van der Waals surface area (Å²) >= 11 is 2.43. The molecule has 0 aliphatic carbocycles. The minimum absolute atomic E-state index is 0.0757. The van der Waals surface area contributed by atoms with Crippen molar-refractivity contribution < 1.29 is 29.7 Å². The number of carboxylic acids is 2. The summed E-state index contributed by atoms with van der Waals surface area (Å²) in [7, 11) is 0. The van der Waals surface area contributed by atoms with Crippen LogP contribution in [-0.4, -0.2) is 67.1 Å². The van der Waals surface area contributed by atoms with Crippen molar-refractivity contribution in [1.29, 1.82) is 0 Å². The number of β-lactam (4-membered cyclic amide) rings is 1. The Kier molecular flexibility index (Phi) is 5.05. The molecule has 2 aliphatic rings. The zero-order valence-electron chi connectivity index (χ0n) is 11.6. The van der Waals surface area contributed by atoms with Gasteiger partial charge in [-0.1, -0.05) is 0 Å². The monoisotopic (exact) mass is 348 g/mol. The van der Waals surface area contributed by atoms with Gasteiger partial charge in [-0.2, -0.15) is 11.8 Å². The third-order valence-electron chi connectivity index (χ3n) is 3.42. The quantitative estimate of drug-likeness (QED) is 0.441. The van der Waals surface area contributed by atoms with Crippen molar-refractivity contribution >= 4 is 41.4 Å². The van der Waals surface area contributed by atoms with Crippen molar-refractivity contribution in [3.8, 4) is 0 Å².